The smallest absolute Gasteiger partial charge is 0.306 e. The Bertz CT molecular complexity index is 979. The van der Waals surface area contributed by atoms with Crippen LogP contribution in [0.3, 0.4) is 0 Å². The highest BCUT2D eigenvalue weighted by molar-refractivity contribution is 7.89. The van der Waals surface area contributed by atoms with Crippen molar-refractivity contribution in [2.24, 2.45) is 0 Å². The number of ether oxygens (including phenoxy) is 2. The van der Waals surface area contributed by atoms with Crippen LogP contribution in [0, 0.1) is 15.9 Å². The molecule has 3 rings (SSSR count). The Hall–Kier alpha value is -2.72. The highest BCUT2D eigenvalue weighted by Crippen LogP contribution is 2.32. The van der Waals surface area contributed by atoms with Crippen LogP contribution >= 0.6 is 0 Å². The fraction of sp³-hybridized carbons (Fsp3) is 0.294. The van der Waals surface area contributed by atoms with Gasteiger partial charge in [0.2, 0.25) is 15.8 Å². The largest absolute Gasteiger partial charge is 0.486 e. The van der Waals surface area contributed by atoms with Gasteiger partial charge in [-0.2, -0.15) is 8.70 Å². The van der Waals surface area contributed by atoms with E-state index in [9.17, 15) is 22.9 Å². The van der Waals surface area contributed by atoms with E-state index in [1.807, 2.05) is 0 Å². The van der Waals surface area contributed by atoms with Crippen molar-refractivity contribution in [1.29, 1.82) is 0 Å². The molecule has 0 aromatic heterocycles. The van der Waals surface area contributed by atoms with Crippen LogP contribution in [-0.4, -0.2) is 37.4 Å². The molecule has 0 bridgehead atoms. The van der Waals surface area contributed by atoms with Crippen molar-refractivity contribution < 1.29 is 27.2 Å². The number of nitrogens with zero attached hydrogens (tertiary/aromatic N) is 2. The molecule has 2 aromatic carbocycles. The maximum absolute atomic E-state index is 13.5. The maximum Gasteiger partial charge on any atom is 0.306 e. The molecule has 144 valence electrons. The fourth-order valence-electron chi connectivity index (χ4n) is 2.70. The Labute approximate surface area is 155 Å². The third kappa shape index (κ3) is 3.86. The first kappa shape index (κ1) is 19.1. The first-order valence-corrected chi connectivity index (χ1v) is 9.59. The van der Waals surface area contributed by atoms with Crippen LogP contribution in [0.1, 0.15) is 12.5 Å². The molecule has 0 atom stereocenters. The van der Waals surface area contributed by atoms with Crippen LogP contribution < -0.4 is 9.47 Å². The maximum atomic E-state index is 13.5. The van der Waals surface area contributed by atoms with Gasteiger partial charge in [0.05, 0.1) is 9.82 Å². The molecule has 1 aliphatic heterocycles. The van der Waals surface area contributed by atoms with Gasteiger partial charge in [0, 0.05) is 19.2 Å². The molecule has 0 aliphatic carbocycles. The minimum Gasteiger partial charge on any atom is -0.486 e. The lowest BCUT2D eigenvalue weighted by Crippen LogP contribution is -2.30. The molecule has 0 spiro atoms. The number of nitro benzene ring substituents is 1. The van der Waals surface area contributed by atoms with E-state index in [-0.39, 0.29) is 18.0 Å². The van der Waals surface area contributed by atoms with Gasteiger partial charge in [0.15, 0.2) is 11.5 Å². The Balaban J connectivity index is 1.90. The van der Waals surface area contributed by atoms with Gasteiger partial charge in [-0.1, -0.05) is 13.0 Å². The summed E-state index contributed by atoms with van der Waals surface area (Å²) in [4.78, 5) is 9.61. The Kier molecular flexibility index (Phi) is 5.29. The molecule has 0 saturated carbocycles. The highest BCUT2D eigenvalue weighted by atomic mass is 32.2. The van der Waals surface area contributed by atoms with Crippen molar-refractivity contribution in [1.82, 2.24) is 4.31 Å². The molecule has 0 amide bonds. The lowest BCUT2D eigenvalue weighted by atomic mass is 10.2. The number of hydrogen-bond donors (Lipinski definition) is 0. The van der Waals surface area contributed by atoms with Crippen LogP contribution in [0.4, 0.5) is 10.1 Å². The standard InChI is InChI=1S/C17H17FN2O6S/c1-2-19(11-12-3-6-16-17(9-12)26-8-7-25-16)27(23,24)13-4-5-14(18)15(10-13)20(21)22/h3-6,9-10H,2,7-8,11H2,1H3. The van der Waals surface area contributed by atoms with E-state index in [2.05, 4.69) is 0 Å². The average Bonchev–Trinajstić information content (AvgIpc) is 2.65. The van der Waals surface area contributed by atoms with Gasteiger partial charge < -0.3 is 9.47 Å². The first-order valence-electron chi connectivity index (χ1n) is 8.15. The van der Waals surface area contributed by atoms with Crippen molar-refractivity contribution >= 4 is 15.7 Å². The van der Waals surface area contributed by atoms with Gasteiger partial charge >= 0.3 is 5.69 Å². The number of fused-ring (bicyclic) bond motifs is 1. The summed E-state index contributed by atoms with van der Waals surface area (Å²) in [5.41, 5.74) is -0.215. The topological polar surface area (TPSA) is 99.0 Å². The lowest BCUT2D eigenvalue weighted by Gasteiger charge is -2.22. The zero-order valence-electron chi connectivity index (χ0n) is 14.4. The Morgan fingerprint density at radius 2 is 1.85 bits per heavy atom. The van der Waals surface area contributed by atoms with Gasteiger partial charge in [-0.3, -0.25) is 10.1 Å². The first-order chi connectivity index (χ1) is 12.8. The van der Waals surface area contributed by atoms with Crippen LogP contribution in [0.5, 0.6) is 11.5 Å². The molecule has 8 nitrogen and oxygen atoms in total. The van der Waals surface area contributed by atoms with E-state index in [0.717, 1.165) is 22.5 Å². The Morgan fingerprint density at radius 1 is 1.15 bits per heavy atom. The quantitative estimate of drug-likeness (QED) is 0.550. The summed E-state index contributed by atoms with van der Waals surface area (Å²) in [6, 6.07) is 7.65. The molecule has 0 fully saturated rings. The fourth-order valence-corrected chi connectivity index (χ4v) is 4.16. The predicted octanol–water partition coefficient (Wildman–Crippen LogP) is 2.72. The molecule has 27 heavy (non-hydrogen) atoms. The van der Waals surface area contributed by atoms with Gasteiger partial charge in [-0.25, -0.2) is 8.42 Å². The number of benzene rings is 2. The van der Waals surface area contributed by atoms with E-state index >= 15 is 0 Å². The minimum absolute atomic E-state index is 0.0284. The number of halogens is 1. The minimum atomic E-state index is -4.05. The van der Waals surface area contributed by atoms with Crippen LogP contribution in [0.25, 0.3) is 0 Å². The number of rotatable bonds is 6. The lowest BCUT2D eigenvalue weighted by molar-refractivity contribution is -0.387. The van der Waals surface area contributed by atoms with Gasteiger partial charge in [-0.15, -0.1) is 0 Å². The molecule has 10 heteroatoms. The molecule has 1 aliphatic rings. The summed E-state index contributed by atoms with van der Waals surface area (Å²) in [6.45, 7) is 2.66. The molecular weight excluding hydrogens is 379 g/mol. The monoisotopic (exact) mass is 396 g/mol. The van der Waals surface area contributed by atoms with Gasteiger partial charge in [0.1, 0.15) is 13.2 Å². The second kappa shape index (κ2) is 7.49. The molecule has 2 aromatic rings. The van der Waals surface area contributed by atoms with Crippen molar-refractivity contribution in [3.63, 3.8) is 0 Å². The van der Waals surface area contributed by atoms with E-state index in [0.29, 0.717) is 30.3 Å². The number of hydrogen-bond acceptors (Lipinski definition) is 6. The predicted molar refractivity (Wildman–Crippen MR) is 93.8 cm³/mol. The summed E-state index contributed by atoms with van der Waals surface area (Å²) in [7, 11) is -4.05. The molecular formula is C17H17FN2O6S. The number of sulfonamides is 1. The van der Waals surface area contributed by atoms with Crippen LogP contribution in [0.2, 0.25) is 0 Å². The van der Waals surface area contributed by atoms with E-state index < -0.39 is 26.5 Å². The molecule has 0 N–H and O–H groups in total. The van der Waals surface area contributed by atoms with Crippen molar-refractivity contribution in [3.05, 3.63) is 57.9 Å². The third-order valence-electron chi connectivity index (χ3n) is 4.07. The Morgan fingerprint density at radius 3 is 2.52 bits per heavy atom. The van der Waals surface area contributed by atoms with Crippen LogP contribution in [-0.2, 0) is 16.6 Å². The van der Waals surface area contributed by atoms with Crippen molar-refractivity contribution in [3.8, 4) is 11.5 Å². The zero-order valence-corrected chi connectivity index (χ0v) is 15.2. The molecule has 0 unspecified atom stereocenters. The van der Waals surface area contributed by atoms with Crippen molar-refractivity contribution in [2.45, 2.75) is 18.4 Å². The molecule has 0 radical (unpaired) electrons. The summed E-state index contributed by atoms with van der Waals surface area (Å²) < 4.78 is 51.3. The van der Waals surface area contributed by atoms with Crippen molar-refractivity contribution in [2.75, 3.05) is 19.8 Å². The third-order valence-corrected chi connectivity index (χ3v) is 5.99. The van der Waals surface area contributed by atoms with Gasteiger partial charge in [-0.05, 0) is 29.8 Å². The summed E-state index contributed by atoms with van der Waals surface area (Å²) >= 11 is 0. The van der Waals surface area contributed by atoms with E-state index in [1.54, 1.807) is 25.1 Å². The zero-order chi connectivity index (χ0) is 19.6. The average molecular weight is 396 g/mol. The second-order valence-corrected chi connectivity index (χ2v) is 7.72. The summed E-state index contributed by atoms with van der Waals surface area (Å²) in [5, 5.41) is 10.9. The van der Waals surface area contributed by atoms with E-state index in [1.165, 1.54) is 0 Å². The molecule has 1 heterocycles. The summed E-state index contributed by atoms with van der Waals surface area (Å²) in [6.07, 6.45) is 0. The second-order valence-electron chi connectivity index (χ2n) is 5.78. The van der Waals surface area contributed by atoms with Crippen LogP contribution in [0.15, 0.2) is 41.3 Å². The normalized spacial score (nSPS) is 13.6. The molecule has 0 saturated heterocycles. The van der Waals surface area contributed by atoms with Gasteiger partial charge in [0.25, 0.3) is 0 Å². The SMILES string of the molecule is CCN(Cc1ccc2c(c1)OCCO2)S(=O)(=O)c1ccc(F)c([N+](=O)[O-])c1. The van der Waals surface area contributed by atoms with E-state index in [4.69, 9.17) is 9.47 Å². The highest BCUT2D eigenvalue weighted by Gasteiger charge is 2.27. The number of nitro groups is 1. The summed E-state index contributed by atoms with van der Waals surface area (Å²) in [5.74, 6) is 0.0310.